The van der Waals surface area contributed by atoms with Gasteiger partial charge in [-0.2, -0.15) is 0 Å². The summed E-state index contributed by atoms with van der Waals surface area (Å²) in [6, 6.07) is 0.869. The van der Waals surface area contributed by atoms with Gasteiger partial charge in [0.2, 0.25) is 0 Å². The van der Waals surface area contributed by atoms with E-state index in [1.807, 2.05) is 0 Å². The van der Waals surface area contributed by atoms with Crippen LogP contribution in [-0.4, -0.2) is 48.8 Å². The van der Waals surface area contributed by atoms with Gasteiger partial charge in [0.05, 0.1) is 6.10 Å². The molecule has 2 atom stereocenters. The summed E-state index contributed by atoms with van der Waals surface area (Å²) in [7, 11) is 0. The fourth-order valence-corrected chi connectivity index (χ4v) is 4.67. The molecule has 3 rings (SSSR count). The number of primary amides is 1. The number of hydrogen-bond acceptors (Lipinski definition) is 3. The van der Waals surface area contributed by atoms with Gasteiger partial charge in [-0.3, -0.25) is 0 Å². The second kappa shape index (κ2) is 6.13. The molecular formula is C16H29N3O2. The lowest BCUT2D eigenvalue weighted by Crippen LogP contribution is -2.65. The summed E-state index contributed by atoms with van der Waals surface area (Å²) >= 11 is 0. The number of hydrogen-bond donors (Lipinski definition) is 2. The number of nitrogens with two attached hydrogens (primary N) is 1. The fourth-order valence-electron chi connectivity index (χ4n) is 4.67. The van der Waals surface area contributed by atoms with Crippen molar-refractivity contribution < 1.29 is 9.53 Å². The summed E-state index contributed by atoms with van der Waals surface area (Å²) in [5.41, 5.74) is 5.75. The molecule has 2 aliphatic carbocycles. The van der Waals surface area contributed by atoms with E-state index in [4.69, 9.17) is 10.5 Å². The first-order valence-electron chi connectivity index (χ1n) is 8.58. The Morgan fingerprint density at radius 1 is 1.33 bits per heavy atom. The van der Waals surface area contributed by atoms with Crippen molar-refractivity contribution in [3.05, 3.63) is 0 Å². The number of ether oxygens (including phenoxy) is 1. The summed E-state index contributed by atoms with van der Waals surface area (Å²) < 4.78 is 5.97. The van der Waals surface area contributed by atoms with Crippen molar-refractivity contribution in [1.82, 2.24) is 10.2 Å². The van der Waals surface area contributed by atoms with E-state index in [1.165, 1.54) is 25.7 Å². The van der Waals surface area contributed by atoms with E-state index in [2.05, 4.69) is 12.2 Å². The maximum atomic E-state index is 11.2. The van der Waals surface area contributed by atoms with Gasteiger partial charge in [-0.25, -0.2) is 4.79 Å². The van der Waals surface area contributed by atoms with Crippen LogP contribution in [-0.2, 0) is 4.74 Å². The number of carbonyl (C=O) groups is 1. The number of carbonyl (C=O) groups excluding carboxylic acids is 1. The van der Waals surface area contributed by atoms with Crippen LogP contribution in [0.3, 0.4) is 0 Å². The lowest BCUT2D eigenvalue weighted by atomic mass is 9.60. The van der Waals surface area contributed by atoms with Crippen molar-refractivity contribution in [3.8, 4) is 0 Å². The lowest BCUT2D eigenvalue weighted by Gasteiger charge is -2.55. The van der Waals surface area contributed by atoms with Crippen molar-refractivity contribution in [3.63, 3.8) is 0 Å². The molecule has 1 aliphatic heterocycles. The fraction of sp³-hybridized carbons (Fsp3) is 0.938. The standard InChI is InChI=1S/C16H29N3O2/c1-2-21-14-11-13(16(14)7-3-4-8-16)18-12-5-9-19(10-6-12)15(17)20/h12-14,18H,2-11H2,1H3,(H2,17,20)/t13-,14-/m0/s1. The van der Waals surface area contributed by atoms with Crippen LogP contribution in [0.2, 0.25) is 0 Å². The van der Waals surface area contributed by atoms with Crippen LogP contribution in [0.5, 0.6) is 0 Å². The summed E-state index contributed by atoms with van der Waals surface area (Å²) in [4.78, 5) is 12.9. The molecule has 1 heterocycles. The first-order chi connectivity index (χ1) is 10.2. The van der Waals surface area contributed by atoms with Crippen molar-refractivity contribution >= 4 is 6.03 Å². The number of rotatable bonds is 4. The molecule has 5 nitrogen and oxygen atoms in total. The van der Waals surface area contributed by atoms with E-state index in [1.54, 1.807) is 4.90 Å². The van der Waals surface area contributed by atoms with Crippen LogP contribution in [0.4, 0.5) is 4.79 Å². The molecule has 2 saturated carbocycles. The third-order valence-corrected chi connectivity index (χ3v) is 5.93. The highest BCUT2D eigenvalue weighted by molar-refractivity contribution is 5.72. The van der Waals surface area contributed by atoms with Crippen LogP contribution in [0, 0.1) is 5.41 Å². The van der Waals surface area contributed by atoms with Gasteiger partial charge in [-0.05, 0) is 39.0 Å². The van der Waals surface area contributed by atoms with Gasteiger partial charge in [-0.15, -0.1) is 0 Å². The maximum Gasteiger partial charge on any atom is 0.314 e. The quantitative estimate of drug-likeness (QED) is 0.832. The van der Waals surface area contributed by atoms with E-state index in [0.29, 0.717) is 23.6 Å². The van der Waals surface area contributed by atoms with Crippen molar-refractivity contribution in [2.24, 2.45) is 11.1 Å². The normalized spacial score (nSPS) is 32.3. The zero-order valence-corrected chi connectivity index (χ0v) is 13.1. The molecule has 21 heavy (non-hydrogen) atoms. The summed E-state index contributed by atoms with van der Waals surface area (Å²) in [5, 5.41) is 3.88. The SMILES string of the molecule is CCO[C@H]1C[C@H](NC2CCN(C(N)=O)CC2)C12CCCC2. The minimum atomic E-state index is -0.277. The Bertz CT molecular complexity index is 374. The molecule has 3 N–H and O–H groups in total. The topological polar surface area (TPSA) is 67.6 Å². The predicted octanol–water partition coefficient (Wildman–Crippen LogP) is 1.86. The third kappa shape index (κ3) is 2.78. The van der Waals surface area contributed by atoms with Gasteiger partial charge >= 0.3 is 6.03 Å². The number of piperidine rings is 1. The molecule has 0 bridgehead atoms. The van der Waals surface area contributed by atoms with Crippen molar-refractivity contribution in [1.29, 1.82) is 0 Å². The first-order valence-corrected chi connectivity index (χ1v) is 8.58. The molecule has 3 aliphatic rings. The van der Waals surface area contributed by atoms with Crippen LogP contribution >= 0.6 is 0 Å². The molecule has 3 fully saturated rings. The Morgan fingerprint density at radius 3 is 2.57 bits per heavy atom. The molecule has 1 spiro atoms. The van der Waals surface area contributed by atoms with Gasteiger partial charge in [0.1, 0.15) is 0 Å². The van der Waals surface area contributed by atoms with Crippen LogP contribution in [0.25, 0.3) is 0 Å². The number of nitrogens with one attached hydrogen (secondary N) is 1. The summed E-state index contributed by atoms with van der Waals surface area (Å²) in [6.45, 7) is 4.52. The molecule has 0 aromatic carbocycles. The highest BCUT2D eigenvalue weighted by Gasteiger charge is 2.56. The molecule has 0 aromatic heterocycles. The Kier molecular flexibility index (Phi) is 4.41. The third-order valence-electron chi connectivity index (χ3n) is 5.93. The van der Waals surface area contributed by atoms with Gasteiger partial charge < -0.3 is 20.7 Å². The largest absolute Gasteiger partial charge is 0.378 e. The minimum Gasteiger partial charge on any atom is -0.378 e. The van der Waals surface area contributed by atoms with Gasteiger partial charge in [0.25, 0.3) is 0 Å². The van der Waals surface area contributed by atoms with E-state index in [9.17, 15) is 4.79 Å². The molecule has 5 heteroatoms. The Morgan fingerprint density at radius 2 is 2.00 bits per heavy atom. The average molecular weight is 295 g/mol. The van der Waals surface area contributed by atoms with Crippen LogP contribution < -0.4 is 11.1 Å². The predicted molar refractivity (Wildman–Crippen MR) is 82.0 cm³/mol. The van der Waals surface area contributed by atoms with Crippen LogP contribution in [0.15, 0.2) is 0 Å². The van der Waals surface area contributed by atoms with Gasteiger partial charge in [-0.1, -0.05) is 12.8 Å². The number of amides is 2. The molecule has 2 amide bonds. The number of urea groups is 1. The summed E-state index contributed by atoms with van der Waals surface area (Å²) in [5.74, 6) is 0. The summed E-state index contributed by atoms with van der Waals surface area (Å²) in [6.07, 6.45) is 9.00. The van der Waals surface area contributed by atoms with E-state index >= 15 is 0 Å². The highest BCUT2D eigenvalue weighted by atomic mass is 16.5. The molecule has 0 aromatic rings. The zero-order chi connectivity index (χ0) is 14.9. The second-order valence-electron chi connectivity index (χ2n) is 6.94. The van der Waals surface area contributed by atoms with Crippen LogP contribution in [0.1, 0.15) is 51.9 Å². The Labute approximate surface area is 127 Å². The van der Waals surface area contributed by atoms with Crippen molar-refractivity contribution in [2.45, 2.75) is 70.1 Å². The number of nitrogens with zero attached hydrogens (tertiary/aromatic N) is 1. The highest BCUT2D eigenvalue weighted by Crippen LogP contribution is 2.55. The van der Waals surface area contributed by atoms with Gasteiger partial charge in [0.15, 0.2) is 0 Å². The Hall–Kier alpha value is -0.810. The molecule has 1 saturated heterocycles. The Balaban J connectivity index is 1.53. The van der Waals surface area contributed by atoms with E-state index < -0.39 is 0 Å². The monoisotopic (exact) mass is 295 g/mol. The smallest absolute Gasteiger partial charge is 0.314 e. The molecule has 0 unspecified atom stereocenters. The first kappa shape index (κ1) is 15.1. The lowest BCUT2D eigenvalue weighted by molar-refractivity contribution is -0.133. The average Bonchev–Trinajstić information content (AvgIpc) is 2.99. The zero-order valence-electron chi connectivity index (χ0n) is 13.1. The molecular weight excluding hydrogens is 266 g/mol. The minimum absolute atomic E-state index is 0.277. The number of likely N-dealkylation sites (tertiary alicyclic amines) is 1. The van der Waals surface area contributed by atoms with Crippen molar-refractivity contribution in [2.75, 3.05) is 19.7 Å². The van der Waals surface area contributed by atoms with Gasteiger partial charge in [0, 0.05) is 37.2 Å². The maximum absolute atomic E-state index is 11.2. The molecule has 0 radical (unpaired) electrons. The van der Waals surface area contributed by atoms with E-state index in [-0.39, 0.29) is 6.03 Å². The second-order valence-corrected chi connectivity index (χ2v) is 6.94. The molecule has 120 valence electrons. The van der Waals surface area contributed by atoms with E-state index in [0.717, 1.165) is 39.0 Å².